The molecule has 0 aliphatic carbocycles. The van der Waals surface area contributed by atoms with Crippen molar-refractivity contribution in [2.24, 2.45) is 10.8 Å². The Hall–Kier alpha value is -2.25. The Labute approximate surface area is 163 Å². The van der Waals surface area contributed by atoms with Crippen LogP contribution in [0.1, 0.15) is 33.5 Å². The number of benzene rings is 2. The van der Waals surface area contributed by atoms with Crippen LogP contribution < -0.4 is 11.2 Å². The van der Waals surface area contributed by atoms with Crippen molar-refractivity contribution in [2.45, 2.75) is 25.1 Å². The van der Waals surface area contributed by atoms with Gasteiger partial charge in [-0.2, -0.15) is 18.3 Å². The van der Waals surface area contributed by atoms with E-state index in [9.17, 15) is 18.0 Å². The topological polar surface area (TPSA) is 67.5 Å². The summed E-state index contributed by atoms with van der Waals surface area (Å²) in [5.41, 5.74) is 6.44. The van der Waals surface area contributed by atoms with E-state index in [0.717, 1.165) is 0 Å². The summed E-state index contributed by atoms with van der Waals surface area (Å²) in [4.78, 5) is 11.3. The predicted octanol–water partition coefficient (Wildman–Crippen LogP) is 4.56. The molecular formula is C18H14Cl2F3N3O. The fraction of sp³-hybridized carbons (Fsp3) is 0.222. The molecule has 0 aromatic heterocycles. The fourth-order valence-electron chi connectivity index (χ4n) is 3.07. The van der Waals surface area contributed by atoms with Gasteiger partial charge in [0.15, 0.2) is 5.54 Å². The van der Waals surface area contributed by atoms with Crippen molar-refractivity contribution in [1.82, 2.24) is 5.43 Å². The molecule has 2 aromatic carbocycles. The standard InChI is InChI=1S/C18H14Cl2F3N3O/c1-9-4-10(2-3-14(9)16(24)27)15-8-17(26-25-15,18(21,22)23)11-5-12(19)7-13(20)6-11/h2-7,26H,8H2,1H3,(H2,24,27). The molecule has 27 heavy (non-hydrogen) atoms. The average Bonchev–Trinajstić information content (AvgIpc) is 3.00. The third kappa shape index (κ3) is 3.49. The van der Waals surface area contributed by atoms with E-state index in [-0.39, 0.29) is 21.3 Å². The lowest BCUT2D eigenvalue weighted by atomic mass is 9.84. The lowest BCUT2D eigenvalue weighted by molar-refractivity contribution is -0.196. The van der Waals surface area contributed by atoms with Crippen molar-refractivity contribution >= 4 is 34.8 Å². The molecule has 3 N–H and O–H groups in total. The third-order valence-corrected chi connectivity index (χ3v) is 4.92. The molecular weight excluding hydrogens is 402 g/mol. The van der Waals surface area contributed by atoms with Gasteiger partial charge < -0.3 is 5.73 Å². The quantitative estimate of drug-likeness (QED) is 0.771. The van der Waals surface area contributed by atoms with Crippen molar-refractivity contribution in [1.29, 1.82) is 0 Å². The molecule has 1 unspecified atom stereocenters. The summed E-state index contributed by atoms with van der Waals surface area (Å²) < 4.78 is 42.1. The Kier molecular flexibility index (Phi) is 4.86. The van der Waals surface area contributed by atoms with Crippen LogP contribution in [-0.2, 0) is 5.54 Å². The summed E-state index contributed by atoms with van der Waals surface area (Å²) in [7, 11) is 0. The SMILES string of the molecule is Cc1cc(C2=NNC(c3cc(Cl)cc(Cl)c3)(C(F)(F)F)C2)ccc1C(N)=O. The number of aryl methyl sites for hydroxylation is 1. The number of rotatable bonds is 3. The molecule has 0 bridgehead atoms. The molecule has 0 spiro atoms. The van der Waals surface area contributed by atoms with Crippen LogP contribution in [0, 0.1) is 6.92 Å². The van der Waals surface area contributed by atoms with Gasteiger partial charge in [0.25, 0.3) is 0 Å². The van der Waals surface area contributed by atoms with E-state index in [2.05, 4.69) is 10.5 Å². The second-order valence-electron chi connectivity index (χ2n) is 6.30. The molecule has 0 saturated carbocycles. The number of hydrogen-bond acceptors (Lipinski definition) is 3. The van der Waals surface area contributed by atoms with E-state index in [1.54, 1.807) is 13.0 Å². The first-order chi connectivity index (χ1) is 12.5. The first-order valence-corrected chi connectivity index (χ1v) is 8.57. The van der Waals surface area contributed by atoms with Crippen LogP contribution in [0.15, 0.2) is 41.5 Å². The molecule has 4 nitrogen and oxygen atoms in total. The Morgan fingerprint density at radius 3 is 2.33 bits per heavy atom. The summed E-state index contributed by atoms with van der Waals surface area (Å²) in [5, 5.41) is 4.11. The lowest BCUT2D eigenvalue weighted by Gasteiger charge is -2.32. The van der Waals surface area contributed by atoms with Crippen LogP contribution in [0.3, 0.4) is 0 Å². The van der Waals surface area contributed by atoms with Crippen LogP contribution in [-0.4, -0.2) is 17.8 Å². The van der Waals surface area contributed by atoms with Crippen molar-refractivity contribution in [3.05, 3.63) is 68.7 Å². The van der Waals surface area contributed by atoms with Crippen molar-refractivity contribution in [3.8, 4) is 0 Å². The number of carbonyl (C=O) groups excluding carboxylic acids is 1. The number of halogens is 5. The monoisotopic (exact) mass is 415 g/mol. The molecule has 2 aromatic rings. The van der Waals surface area contributed by atoms with E-state index in [1.165, 1.54) is 30.3 Å². The summed E-state index contributed by atoms with van der Waals surface area (Å²) in [6, 6.07) is 8.36. The molecule has 0 fully saturated rings. The van der Waals surface area contributed by atoms with Crippen LogP contribution in [0.2, 0.25) is 10.0 Å². The minimum atomic E-state index is -4.66. The van der Waals surface area contributed by atoms with Gasteiger partial charge in [0.2, 0.25) is 5.91 Å². The highest BCUT2D eigenvalue weighted by molar-refractivity contribution is 6.34. The molecule has 142 valence electrons. The number of hydrazone groups is 1. The zero-order valence-corrected chi connectivity index (χ0v) is 15.5. The average molecular weight is 416 g/mol. The normalized spacial score (nSPS) is 19.6. The Bertz CT molecular complexity index is 939. The van der Waals surface area contributed by atoms with Gasteiger partial charge in [0, 0.05) is 22.0 Å². The highest BCUT2D eigenvalue weighted by atomic mass is 35.5. The largest absolute Gasteiger partial charge is 0.417 e. The number of carbonyl (C=O) groups is 1. The molecule has 9 heteroatoms. The van der Waals surface area contributed by atoms with Gasteiger partial charge in [0.05, 0.1) is 5.71 Å². The second kappa shape index (κ2) is 6.73. The van der Waals surface area contributed by atoms with Crippen molar-refractivity contribution < 1.29 is 18.0 Å². The smallest absolute Gasteiger partial charge is 0.366 e. The minimum Gasteiger partial charge on any atom is -0.366 e. The molecule has 3 rings (SSSR count). The van der Waals surface area contributed by atoms with Gasteiger partial charge in [0.1, 0.15) is 0 Å². The maximum atomic E-state index is 14.0. The maximum Gasteiger partial charge on any atom is 0.417 e. The van der Waals surface area contributed by atoms with Crippen LogP contribution >= 0.6 is 23.2 Å². The number of nitrogens with zero attached hydrogens (tertiary/aromatic N) is 1. The van der Waals surface area contributed by atoms with Gasteiger partial charge in [-0.05, 0) is 53.9 Å². The molecule has 0 saturated heterocycles. The number of nitrogens with one attached hydrogen (secondary N) is 1. The number of primary amides is 1. The number of hydrogen-bond donors (Lipinski definition) is 2. The summed E-state index contributed by atoms with van der Waals surface area (Å²) >= 11 is 11.8. The molecule has 0 radical (unpaired) electrons. The molecule has 1 heterocycles. The molecule has 1 aliphatic rings. The molecule has 1 aliphatic heterocycles. The van der Waals surface area contributed by atoms with Crippen molar-refractivity contribution in [2.75, 3.05) is 0 Å². The molecule has 1 atom stereocenters. The Morgan fingerprint density at radius 1 is 1.19 bits per heavy atom. The van der Waals surface area contributed by atoms with Crippen LogP contribution in [0.25, 0.3) is 0 Å². The van der Waals surface area contributed by atoms with E-state index in [0.29, 0.717) is 16.7 Å². The number of alkyl halides is 3. The highest BCUT2D eigenvalue weighted by Crippen LogP contribution is 2.46. The maximum absolute atomic E-state index is 14.0. The first-order valence-electron chi connectivity index (χ1n) is 7.81. The predicted molar refractivity (Wildman–Crippen MR) is 98.2 cm³/mol. The Morgan fingerprint density at radius 2 is 1.81 bits per heavy atom. The van der Waals surface area contributed by atoms with Crippen molar-refractivity contribution in [3.63, 3.8) is 0 Å². The zero-order valence-electron chi connectivity index (χ0n) is 14.0. The fourth-order valence-corrected chi connectivity index (χ4v) is 3.60. The lowest BCUT2D eigenvalue weighted by Crippen LogP contribution is -2.49. The molecule has 1 amide bonds. The van der Waals surface area contributed by atoms with Gasteiger partial charge in [-0.25, -0.2) is 0 Å². The van der Waals surface area contributed by atoms with E-state index >= 15 is 0 Å². The van der Waals surface area contributed by atoms with Crippen LogP contribution in [0.5, 0.6) is 0 Å². The first kappa shape index (κ1) is 19.5. The Balaban J connectivity index is 2.02. The van der Waals surface area contributed by atoms with E-state index in [1.807, 2.05) is 0 Å². The zero-order chi connectivity index (χ0) is 20.0. The summed E-state index contributed by atoms with van der Waals surface area (Å²) in [5.74, 6) is -0.608. The van der Waals surface area contributed by atoms with E-state index in [4.69, 9.17) is 28.9 Å². The van der Waals surface area contributed by atoms with Gasteiger partial charge in [-0.1, -0.05) is 29.3 Å². The highest BCUT2D eigenvalue weighted by Gasteiger charge is 2.59. The van der Waals surface area contributed by atoms with Gasteiger partial charge >= 0.3 is 6.18 Å². The number of amides is 1. The van der Waals surface area contributed by atoms with E-state index < -0.39 is 24.0 Å². The van der Waals surface area contributed by atoms with Gasteiger partial charge in [-0.3, -0.25) is 10.2 Å². The van der Waals surface area contributed by atoms with Gasteiger partial charge in [-0.15, -0.1) is 0 Å². The number of nitrogens with two attached hydrogens (primary N) is 1. The summed E-state index contributed by atoms with van der Waals surface area (Å²) in [6.45, 7) is 1.65. The minimum absolute atomic E-state index is 0.0954. The third-order valence-electron chi connectivity index (χ3n) is 4.48. The second-order valence-corrected chi connectivity index (χ2v) is 7.18. The summed E-state index contributed by atoms with van der Waals surface area (Å²) in [6.07, 6.45) is -5.11. The van der Waals surface area contributed by atoms with Crippen LogP contribution in [0.4, 0.5) is 13.2 Å².